The molecule has 4 aromatic rings. The third-order valence-corrected chi connectivity index (χ3v) is 3.94. The molecular formula is C18H14ClN5O. The Kier molecular flexibility index (Phi) is 4.03. The van der Waals surface area contributed by atoms with Crippen molar-refractivity contribution in [1.29, 1.82) is 0 Å². The minimum absolute atomic E-state index is 0.363. The maximum Gasteiger partial charge on any atom is 0.246 e. The average molecular weight is 352 g/mol. The van der Waals surface area contributed by atoms with Gasteiger partial charge in [0.25, 0.3) is 0 Å². The SMILES string of the molecule is Cc1nc2ccccc2nc1NCc1nc(-c2cccc(Cl)c2)no1. The Bertz CT molecular complexity index is 1050. The molecule has 0 radical (unpaired) electrons. The predicted molar refractivity (Wildman–Crippen MR) is 96.3 cm³/mol. The molecular weight excluding hydrogens is 338 g/mol. The van der Waals surface area contributed by atoms with Crippen LogP contribution in [0.4, 0.5) is 5.82 Å². The van der Waals surface area contributed by atoms with E-state index in [0.29, 0.717) is 29.1 Å². The van der Waals surface area contributed by atoms with Gasteiger partial charge in [-0.15, -0.1) is 0 Å². The van der Waals surface area contributed by atoms with Crippen LogP contribution in [0.2, 0.25) is 5.02 Å². The summed E-state index contributed by atoms with van der Waals surface area (Å²) in [7, 11) is 0. The van der Waals surface area contributed by atoms with Crippen molar-refractivity contribution in [3.8, 4) is 11.4 Å². The first-order valence-electron chi connectivity index (χ1n) is 7.75. The normalized spacial score (nSPS) is 11.0. The number of aryl methyl sites for hydroxylation is 1. The molecule has 124 valence electrons. The first-order valence-corrected chi connectivity index (χ1v) is 8.12. The van der Waals surface area contributed by atoms with E-state index < -0.39 is 0 Å². The Labute approximate surface area is 148 Å². The van der Waals surface area contributed by atoms with Gasteiger partial charge in [0, 0.05) is 10.6 Å². The highest BCUT2D eigenvalue weighted by Gasteiger charge is 2.10. The minimum Gasteiger partial charge on any atom is -0.359 e. The predicted octanol–water partition coefficient (Wildman–Crippen LogP) is 4.25. The molecule has 0 bridgehead atoms. The first-order chi connectivity index (χ1) is 12.2. The molecule has 25 heavy (non-hydrogen) atoms. The fourth-order valence-corrected chi connectivity index (χ4v) is 2.68. The fourth-order valence-electron chi connectivity index (χ4n) is 2.49. The van der Waals surface area contributed by atoms with Crippen LogP contribution in [0, 0.1) is 6.92 Å². The lowest BCUT2D eigenvalue weighted by Crippen LogP contribution is -2.05. The fraction of sp³-hybridized carbons (Fsp3) is 0.111. The summed E-state index contributed by atoms with van der Waals surface area (Å²) in [5.41, 5.74) is 3.32. The summed E-state index contributed by atoms with van der Waals surface area (Å²) >= 11 is 5.99. The van der Waals surface area contributed by atoms with Gasteiger partial charge < -0.3 is 9.84 Å². The Morgan fingerprint density at radius 3 is 2.60 bits per heavy atom. The quantitative estimate of drug-likeness (QED) is 0.592. The van der Waals surface area contributed by atoms with Crippen molar-refractivity contribution in [2.45, 2.75) is 13.5 Å². The number of para-hydroxylation sites is 2. The zero-order valence-electron chi connectivity index (χ0n) is 13.4. The molecule has 2 aromatic carbocycles. The highest BCUT2D eigenvalue weighted by atomic mass is 35.5. The lowest BCUT2D eigenvalue weighted by Gasteiger charge is -2.07. The maximum absolute atomic E-state index is 5.99. The van der Waals surface area contributed by atoms with E-state index in [1.54, 1.807) is 12.1 Å². The minimum atomic E-state index is 0.363. The second-order valence-electron chi connectivity index (χ2n) is 5.52. The summed E-state index contributed by atoms with van der Waals surface area (Å²) in [6, 6.07) is 15.1. The molecule has 0 fully saturated rings. The van der Waals surface area contributed by atoms with Crippen LogP contribution in [0.15, 0.2) is 53.1 Å². The van der Waals surface area contributed by atoms with E-state index in [0.717, 1.165) is 22.3 Å². The molecule has 6 nitrogen and oxygen atoms in total. The van der Waals surface area contributed by atoms with E-state index in [1.165, 1.54) is 0 Å². The Hall–Kier alpha value is -2.99. The van der Waals surface area contributed by atoms with Gasteiger partial charge in [-0.3, -0.25) is 0 Å². The van der Waals surface area contributed by atoms with Gasteiger partial charge in [0.05, 0.1) is 23.3 Å². The van der Waals surface area contributed by atoms with Crippen LogP contribution in [0.1, 0.15) is 11.6 Å². The number of rotatable bonds is 4. The highest BCUT2D eigenvalue weighted by Crippen LogP contribution is 2.21. The topological polar surface area (TPSA) is 76.7 Å². The Morgan fingerprint density at radius 1 is 1.00 bits per heavy atom. The van der Waals surface area contributed by atoms with Crippen LogP contribution in [-0.2, 0) is 6.54 Å². The van der Waals surface area contributed by atoms with Crippen molar-refractivity contribution in [2.24, 2.45) is 0 Å². The molecule has 0 aliphatic heterocycles. The van der Waals surface area contributed by atoms with E-state index in [2.05, 4.69) is 25.4 Å². The summed E-state index contributed by atoms with van der Waals surface area (Å²) in [6.45, 7) is 2.27. The van der Waals surface area contributed by atoms with Crippen LogP contribution in [-0.4, -0.2) is 20.1 Å². The van der Waals surface area contributed by atoms with Crippen molar-refractivity contribution in [1.82, 2.24) is 20.1 Å². The van der Waals surface area contributed by atoms with Crippen LogP contribution >= 0.6 is 11.6 Å². The van der Waals surface area contributed by atoms with Gasteiger partial charge in [0.15, 0.2) is 0 Å². The molecule has 0 spiro atoms. The zero-order chi connectivity index (χ0) is 17.2. The molecule has 0 aliphatic rings. The summed E-state index contributed by atoms with van der Waals surface area (Å²) in [5.74, 6) is 1.66. The number of hydrogen-bond donors (Lipinski definition) is 1. The van der Waals surface area contributed by atoms with E-state index >= 15 is 0 Å². The number of halogens is 1. The second kappa shape index (κ2) is 6.49. The first kappa shape index (κ1) is 15.5. The van der Waals surface area contributed by atoms with E-state index in [9.17, 15) is 0 Å². The monoisotopic (exact) mass is 351 g/mol. The summed E-state index contributed by atoms with van der Waals surface area (Å²) in [4.78, 5) is 13.5. The van der Waals surface area contributed by atoms with Gasteiger partial charge in [-0.1, -0.05) is 41.0 Å². The molecule has 2 aromatic heterocycles. The molecule has 0 saturated heterocycles. The number of nitrogens with zero attached hydrogens (tertiary/aromatic N) is 4. The van der Waals surface area contributed by atoms with E-state index in [1.807, 2.05) is 43.3 Å². The van der Waals surface area contributed by atoms with Crippen molar-refractivity contribution >= 4 is 28.5 Å². The van der Waals surface area contributed by atoms with E-state index in [-0.39, 0.29) is 0 Å². The number of benzene rings is 2. The van der Waals surface area contributed by atoms with Gasteiger partial charge in [0.2, 0.25) is 11.7 Å². The number of aromatic nitrogens is 4. The molecule has 7 heteroatoms. The third-order valence-electron chi connectivity index (χ3n) is 3.70. The van der Waals surface area contributed by atoms with Gasteiger partial charge in [0.1, 0.15) is 5.82 Å². The summed E-state index contributed by atoms with van der Waals surface area (Å²) < 4.78 is 5.29. The van der Waals surface area contributed by atoms with Gasteiger partial charge in [-0.25, -0.2) is 9.97 Å². The standard InChI is InChI=1S/C18H14ClN5O/c1-11-17(22-15-8-3-2-7-14(15)21-11)20-10-16-23-18(24-25-16)12-5-4-6-13(19)9-12/h2-9H,10H2,1H3,(H,20,22). The number of nitrogens with one attached hydrogen (secondary N) is 1. The molecule has 2 heterocycles. The Balaban J connectivity index is 1.53. The van der Waals surface area contributed by atoms with Gasteiger partial charge >= 0.3 is 0 Å². The molecule has 0 saturated carbocycles. The lowest BCUT2D eigenvalue weighted by atomic mass is 10.2. The second-order valence-corrected chi connectivity index (χ2v) is 5.96. The van der Waals surface area contributed by atoms with Crippen LogP contribution < -0.4 is 5.32 Å². The maximum atomic E-state index is 5.99. The van der Waals surface area contributed by atoms with Crippen LogP contribution in [0.25, 0.3) is 22.4 Å². The summed E-state index contributed by atoms with van der Waals surface area (Å²) in [5, 5.41) is 7.82. The molecule has 4 rings (SSSR count). The van der Waals surface area contributed by atoms with Gasteiger partial charge in [-0.2, -0.15) is 4.98 Å². The number of fused-ring (bicyclic) bond motifs is 1. The van der Waals surface area contributed by atoms with Crippen molar-refractivity contribution in [3.05, 3.63) is 65.1 Å². The van der Waals surface area contributed by atoms with Crippen molar-refractivity contribution in [2.75, 3.05) is 5.32 Å². The molecule has 0 unspecified atom stereocenters. The van der Waals surface area contributed by atoms with Crippen molar-refractivity contribution < 1.29 is 4.52 Å². The number of hydrogen-bond acceptors (Lipinski definition) is 6. The molecule has 0 amide bonds. The zero-order valence-corrected chi connectivity index (χ0v) is 14.2. The van der Waals surface area contributed by atoms with Crippen molar-refractivity contribution in [3.63, 3.8) is 0 Å². The third kappa shape index (κ3) is 3.29. The molecule has 1 N–H and O–H groups in total. The summed E-state index contributed by atoms with van der Waals surface area (Å²) in [6.07, 6.45) is 0. The average Bonchev–Trinajstić information content (AvgIpc) is 3.09. The number of anilines is 1. The van der Waals surface area contributed by atoms with Crippen LogP contribution in [0.3, 0.4) is 0 Å². The van der Waals surface area contributed by atoms with E-state index in [4.69, 9.17) is 16.1 Å². The van der Waals surface area contributed by atoms with Crippen LogP contribution in [0.5, 0.6) is 0 Å². The highest BCUT2D eigenvalue weighted by molar-refractivity contribution is 6.30. The smallest absolute Gasteiger partial charge is 0.246 e. The van der Waals surface area contributed by atoms with Gasteiger partial charge in [-0.05, 0) is 31.2 Å². The largest absolute Gasteiger partial charge is 0.359 e. The Morgan fingerprint density at radius 2 is 1.80 bits per heavy atom. The molecule has 0 aliphatic carbocycles. The molecule has 0 atom stereocenters. The lowest BCUT2D eigenvalue weighted by molar-refractivity contribution is 0.384.